The molecule has 1 aliphatic carbocycles. The molecule has 198 valence electrons. The number of ether oxygens (including phenoxy) is 1. The summed E-state index contributed by atoms with van der Waals surface area (Å²) in [6.45, 7) is 0.373. The normalized spacial score (nSPS) is 13.9. The van der Waals surface area contributed by atoms with E-state index in [0.717, 1.165) is 59.3 Å². The third-order valence-corrected chi connectivity index (χ3v) is 7.47. The van der Waals surface area contributed by atoms with Crippen LogP contribution in [0.3, 0.4) is 0 Å². The first kappa shape index (κ1) is 27.5. The van der Waals surface area contributed by atoms with Gasteiger partial charge in [-0.05, 0) is 71.5 Å². The summed E-state index contributed by atoms with van der Waals surface area (Å²) in [4.78, 5) is 29.3. The van der Waals surface area contributed by atoms with Crippen molar-refractivity contribution in [1.82, 2.24) is 0 Å². The SMILES string of the molecule is COC(=O)/C=C/c1cccc(N(Cc2ccc(-c3ccc(N(C)C)cc3)cc2Cl)C(=O)C2CCCCC2)c1. The van der Waals surface area contributed by atoms with Gasteiger partial charge in [-0.25, -0.2) is 4.79 Å². The smallest absolute Gasteiger partial charge is 0.330 e. The van der Waals surface area contributed by atoms with Gasteiger partial charge in [0.1, 0.15) is 0 Å². The summed E-state index contributed by atoms with van der Waals surface area (Å²) in [5.41, 5.74) is 5.74. The van der Waals surface area contributed by atoms with E-state index < -0.39 is 5.97 Å². The van der Waals surface area contributed by atoms with Gasteiger partial charge in [-0.3, -0.25) is 4.79 Å². The molecule has 0 N–H and O–H groups in total. The Balaban J connectivity index is 1.63. The Kier molecular flexibility index (Phi) is 9.24. The standard InChI is InChI=1S/C32H35ClN2O3/c1-34(2)28-17-15-24(16-18-28)26-13-14-27(30(33)21-26)22-35(32(37)25-9-5-4-6-10-25)29-11-7-8-23(20-29)12-19-31(36)38-3/h7-8,11-21,25H,4-6,9-10,22H2,1-3H3/b19-12+. The van der Waals surface area contributed by atoms with Crippen LogP contribution in [0.15, 0.2) is 72.8 Å². The monoisotopic (exact) mass is 530 g/mol. The Morgan fingerprint density at radius 1 is 0.921 bits per heavy atom. The van der Waals surface area contributed by atoms with Gasteiger partial charge in [-0.1, -0.05) is 67.3 Å². The summed E-state index contributed by atoms with van der Waals surface area (Å²) in [6, 6.07) is 22.1. The molecule has 0 aliphatic heterocycles. The van der Waals surface area contributed by atoms with E-state index >= 15 is 0 Å². The Labute approximate surface area is 230 Å². The molecule has 4 rings (SSSR count). The van der Waals surface area contributed by atoms with Crippen LogP contribution in [0.25, 0.3) is 17.2 Å². The molecule has 0 saturated heterocycles. The highest BCUT2D eigenvalue weighted by Crippen LogP contribution is 2.32. The summed E-state index contributed by atoms with van der Waals surface area (Å²) < 4.78 is 4.71. The van der Waals surface area contributed by atoms with E-state index in [9.17, 15) is 9.59 Å². The summed E-state index contributed by atoms with van der Waals surface area (Å²) in [7, 11) is 5.39. The number of hydrogen-bond donors (Lipinski definition) is 0. The Bertz CT molecular complexity index is 1290. The van der Waals surface area contributed by atoms with Crippen LogP contribution in [0.2, 0.25) is 5.02 Å². The molecule has 0 heterocycles. The molecule has 6 heteroatoms. The van der Waals surface area contributed by atoms with Gasteiger partial charge in [0.25, 0.3) is 0 Å². The summed E-state index contributed by atoms with van der Waals surface area (Å²) >= 11 is 6.81. The van der Waals surface area contributed by atoms with Crippen LogP contribution in [-0.4, -0.2) is 33.1 Å². The van der Waals surface area contributed by atoms with E-state index in [1.165, 1.54) is 19.6 Å². The van der Waals surface area contributed by atoms with E-state index in [4.69, 9.17) is 16.3 Å². The maximum Gasteiger partial charge on any atom is 0.330 e. The first-order valence-electron chi connectivity index (χ1n) is 13.1. The Morgan fingerprint density at radius 2 is 1.63 bits per heavy atom. The van der Waals surface area contributed by atoms with Crippen molar-refractivity contribution in [3.05, 3.63) is 89.0 Å². The Hall–Kier alpha value is -3.57. The fraction of sp³-hybridized carbons (Fsp3) is 0.312. The van der Waals surface area contributed by atoms with Gasteiger partial charge in [0.15, 0.2) is 0 Å². The van der Waals surface area contributed by atoms with Gasteiger partial charge in [0.05, 0.1) is 13.7 Å². The summed E-state index contributed by atoms with van der Waals surface area (Å²) in [5.74, 6) is -0.293. The number of methoxy groups -OCH3 is 1. The number of carbonyl (C=O) groups is 2. The zero-order chi connectivity index (χ0) is 27.1. The number of halogens is 1. The molecule has 3 aromatic rings. The lowest BCUT2D eigenvalue weighted by Crippen LogP contribution is -2.36. The molecular weight excluding hydrogens is 496 g/mol. The van der Waals surface area contributed by atoms with Gasteiger partial charge in [-0.2, -0.15) is 0 Å². The number of nitrogens with zero attached hydrogens (tertiary/aromatic N) is 2. The molecule has 5 nitrogen and oxygen atoms in total. The number of benzene rings is 3. The minimum Gasteiger partial charge on any atom is -0.466 e. The van der Waals surface area contributed by atoms with E-state index in [0.29, 0.717) is 11.6 Å². The van der Waals surface area contributed by atoms with E-state index in [1.807, 2.05) is 55.4 Å². The van der Waals surface area contributed by atoms with Gasteiger partial charge in [-0.15, -0.1) is 0 Å². The second-order valence-electron chi connectivity index (χ2n) is 9.96. The van der Waals surface area contributed by atoms with Crippen LogP contribution in [0, 0.1) is 5.92 Å². The molecule has 1 fully saturated rings. The lowest BCUT2D eigenvalue weighted by molar-refractivity contribution is -0.134. The number of hydrogen-bond acceptors (Lipinski definition) is 4. The maximum atomic E-state index is 13.8. The molecule has 3 aromatic carbocycles. The topological polar surface area (TPSA) is 49.9 Å². The lowest BCUT2D eigenvalue weighted by atomic mass is 9.88. The quantitative estimate of drug-likeness (QED) is 0.225. The van der Waals surface area contributed by atoms with Crippen molar-refractivity contribution >= 4 is 40.9 Å². The second-order valence-corrected chi connectivity index (χ2v) is 10.4. The predicted octanol–water partition coefficient (Wildman–Crippen LogP) is 7.37. The predicted molar refractivity (Wildman–Crippen MR) is 156 cm³/mol. The molecular formula is C32H35ClN2O3. The molecule has 38 heavy (non-hydrogen) atoms. The molecule has 0 bridgehead atoms. The average molecular weight is 531 g/mol. The number of amides is 1. The first-order chi connectivity index (χ1) is 18.4. The number of carbonyl (C=O) groups excluding carboxylic acids is 2. The first-order valence-corrected chi connectivity index (χ1v) is 13.5. The van der Waals surface area contributed by atoms with Gasteiger partial charge in [0.2, 0.25) is 5.91 Å². The third-order valence-electron chi connectivity index (χ3n) is 7.11. The van der Waals surface area contributed by atoms with Crippen LogP contribution >= 0.6 is 11.6 Å². The van der Waals surface area contributed by atoms with Crippen molar-refractivity contribution < 1.29 is 14.3 Å². The molecule has 0 atom stereocenters. The summed E-state index contributed by atoms with van der Waals surface area (Å²) in [5, 5.41) is 0.627. The average Bonchev–Trinajstić information content (AvgIpc) is 2.95. The maximum absolute atomic E-state index is 13.8. The fourth-order valence-corrected chi connectivity index (χ4v) is 5.11. The van der Waals surface area contributed by atoms with Crippen molar-refractivity contribution in [2.24, 2.45) is 5.92 Å². The van der Waals surface area contributed by atoms with E-state index in [-0.39, 0.29) is 11.8 Å². The van der Waals surface area contributed by atoms with Crippen LogP contribution in [-0.2, 0) is 20.9 Å². The van der Waals surface area contributed by atoms with Crippen LogP contribution in [0.5, 0.6) is 0 Å². The molecule has 0 spiro atoms. The van der Waals surface area contributed by atoms with E-state index in [2.05, 4.69) is 35.2 Å². The molecule has 1 amide bonds. The van der Waals surface area contributed by atoms with Crippen molar-refractivity contribution in [3.8, 4) is 11.1 Å². The number of esters is 1. The minimum atomic E-state index is -0.422. The zero-order valence-corrected chi connectivity index (χ0v) is 23.1. The Morgan fingerprint density at radius 3 is 2.29 bits per heavy atom. The van der Waals surface area contributed by atoms with Crippen molar-refractivity contribution in [3.63, 3.8) is 0 Å². The van der Waals surface area contributed by atoms with Crippen LogP contribution < -0.4 is 9.80 Å². The van der Waals surface area contributed by atoms with Crippen molar-refractivity contribution in [1.29, 1.82) is 0 Å². The molecule has 1 saturated carbocycles. The molecule has 0 aromatic heterocycles. The van der Waals surface area contributed by atoms with E-state index in [1.54, 1.807) is 6.08 Å². The highest BCUT2D eigenvalue weighted by atomic mass is 35.5. The van der Waals surface area contributed by atoms with Crippen LogP contribution in [0.4, 0.5) is 11.4 Å². The molecule has 1 aliphatic rings. The number of anilines is 2. The lowest BCUT2D eigenvalue weighted by Gasteiger charge is -2.30. The molecule has 0 radical (unpaired) electrons. The van der Waals surface area contributed by atoms with Crippen LogP contribution in [0.1, 0.15) is 43.2 Å². The fourth-order valence-electron chi connectivity index (χ4n) is 4.87. The highest BCUT2D eigenvalue weighted by molar-refractivity contribution is 6.31. The van der Waals surface area contributed by atoms with Gasteiger partial charge < -0.3 is 14.5 Å². The zero-order valence-electron chi connectivity index (χ0n) is 22.3. The molecule has 0 unspecified atom stereocenters. The largest absolute Gasteiger partial charge is 0.466 e. The minimum absolute atomic E-state index is 0.00581. The van der Waals surface area contributed by atoms with Gasteiger partial charge >= 0.3 is 5.97 Å². The highest BCUT2D eigenvalue weighted by Gasteiger charge is 2.27. The van der Waals surface area contributed by atoms with Gasteiger partial charge in [0, 0.05) is 42.5 Å². The van der Waals surface area contributed by atoms with Crippen molar-refractivity contribution in [2.75, 3.05) is 31.0 Å². The summed E-state index contributed by atoms with van der Waals surface area (Å²) in [6.07, 6.45) is 8.23. The third kappa shape index (κ3) is 6.84. The van der Waals surface area contributed by atoms with Crippen molar-refractivity contribution in [2.45, 2.75) is 38.6 Å². The second kappa shape index (κ2) is 12.8. The number of rotatable bonds is 8.